The highest BCUT2D eigenvalue weighted by molar-refractivity contribution is 7.91. The number of thiophene rings is 1. The molecule has 0 fully saturated rings. The molecule has 0 saturated carbocycles. The minimum absolute atomic E-state index is 0.0765. The second kappa shape index (κ2) is 8.50. The molecule has 158 valence electrons. The number of halogens is 1. The fourth-order valence-electron chi connectivity index (χ4n) is 3.61. The molecule has 0 unspecified atom stereocenters. The van der Waals surface area contributed by atoms with E-state index in [9.17, 15) is 13.2 Å². The monoisotopic (exact) mass is 464 g/mol. The Balaban J connectivity index is 1.60. The summed E-state index contributed by atoms with van der Waals surface area (Å²) in [5.74, 6) is -0.272. The SMILES string of the molecule is NS(=O)(=O)c1ccc(CNC(=O)c2nn(-c3ccc(Cl)cc3)c3c2CCCCC3)s1. The van der Waals surface area contributed by atoms with E-state index in [-0.39, 0.29) is 16.7 Å². The maximum absolute atomic E-state index is 13.0. The molecule has 10 heteroatoms. The van der Waals surface area contributed by atoms with E-state index in [1.807, 2.05) is 16.8 Å². The van der Waals surface area contributed by atoms with Crippen molar-refractivity contribution < 1.29 is 13.2 Å². The number of primary sulfonamides is 1. The third kappa shape index (κ3) is 4.44. The van der Waals surface area contributed by atoms with Gasteiger partial charge in [-0.25, -0.2) is 18.2 Å². The Morgan fingerprint density at radius 2 is 1.87 bits per heavy atom. The van der Waals surface area contributed by atoms with Gasteiger partial charge in [0.25, 0.3) is 5.91 Å². The van der Waals surface area contributed by atoms with E-state index in [4.69, 9.17) is 16.7 Å². The van der Waals surface area contributed by atoms with Gasteiger partial charge < -0.3 is 5.32 Å². The average molecular weight is 465 g/mol. The fourth-order valence-corrected chi connectivity index (χ4v) is 5.46. The zero-order valence-electron chi connectivity index (χ0n) is 16.1. The van der Waals surface area contributed by atoms with Crippen LogP contribution in [0.4, 0.5) is 0 Å². The molecule has 3 aromatic rings. The van der Waals surface area contributed by atoms with Crippen LogP contribution in [0.25, 0.3) is 5.69 Å². The van der Waals surface area contributed by atoms with Crippen LogP contribution in [-0.2, 0) is 29.4 Å². The first kappa shape index (κ1) is 21.0. The number of nitrogens with zero attached hydrogens (tertiary/aromatic N) is 2. The van der Waals surface area contributed by atoms with Crippen molar-refractivity contribution in [3.8, 4) is 5.69 Å². The lowest BCUT2D eigenvalue weighted by atomic mass is 10.1. The number of carbonyl (C=O) groups is 1. The number of hydrogen-bond acceptors (Lipinski definition) is 5. The Morgan fingerprint density at radius 3 is 2.57 bits per heavy atom. The third-order valence-corrected chi connectivity index (χ3v) is 7.83. The molecule has 0 radical (unpaired) electrons. The number of hydrogen-bond donors (Lipinski definition) is 2. The topological polar surface area (TPSA) is 107 Å². The summed E-state index contributed by atoms with van der Waals surface area (Å²) in [5, 5.41) is 13.3. The van der Waals surface area contributed by atoms with Crippen molar-refractivity contribution in [2.24, 2.45) is 5.14 Å². The first-order valence-electron chi connectivity index (χ1n) is 9.59. The molecule has 7 nitrogen and oxygen atoms in total. The van der Waals surface area contributed by atoms with Gasteiger partial charge in [0.2, 0.25) is 10.0 Å². The van der Waals surface area contributed by atoms with E-state index in [1.165, 1.54) is 6.07 Å². The number of fused-ring (bicyclic) bond motifs is 1. The van der Waals surface area contributed by atoms with Crippen LogP contribution in [0.1, 0.15) is 45.9 Å². The van der Waals surface area contributed by atoms with E-state index in [0.29, 0.717) is 15.6 Å². The number of amides is 1. The van der Waals surface area contributed by atoms with Crippen molar-refractivity contribution in [3.05, 3.63) is 63.2 Å². The number of rotatable bonds is 5. The summed E-state index contributed by atoms with van der Waals surface area (Å²) in [4.78, 5) is 13.7. The standard InChI is InChI=1S/C20H21ClN4O3S2/c21-13-6-8-14(9-7-13)25-17-5-3-1-2-4-16(17)19(24-25)20(26)23-12-15-10-11-18(29-15)30(22,27)28/h6-11H,1-5,12H2,(H,23,26)(H2,22,27,28). The van der Waals surface area contributed by atoms with Gasteiger partial charge in [-0.05, 0) is 62.1 Å². The molecule has 1 aliphatic rings. The van der Waals surface area contributed by atoms with Crippen molar-refractivity contribution in [3.63, 3.8) is 0 Å². The minimum Gasteiger partial charge on any atom is -0.346 e. The van der Waals surface area contributed by atoms with Crippen LogP contribution in [-0.4, -0.2) is 24.1 Å². The van der Waals surface area contributed by atoms with Crippen LogP contribution in [0, 0.1) is 0 Å². The third-order valence-electron chi connectivity index (χ3n) is 5.06. The maximum atomic E-state index is 13.0. The highest BCUT2D eigenvalue weighted by Gasteiger charge is 2.25. The van der Waals surface area contributed by atoms with Crippen molar-refractivity contribution in [1.82, 2.24) is 15.1 Å². The summed E-state index contributed by atoms with van der Waals surface area (Å²) in [5.41, 5.74) is 3.33. The van der Waals surface area contributed by atoms with Gasteiger partial charge in [-0.2, -0.15) is 5.10 Å². The Hall–Kier alpha value is -2.20. The molecule has 2 heterocycles. The molecule has 4 rings (SSSR count). The van der Waals surface area contributed by atoms with Crippen LogP contribution in [0.3, 0.4) is 0 Å². The molecule has 0 aliphatic heterocycles. The summed E-state index contributed by atoms with van der Waals surface area (Å²) in [6.45, 7) is 0.210. The summed E-state index contributed by atoms with van der Waals surface area (Å²) in [7, 11) is -3.74. The Kier molecular flexibility index (Phi) is 5.97. The molecule has 0 spiro atoms. The number of nitrogens with two attached hydrogens (primary N) is 1. The molecule has 30 heavy (non-hydrogen) atoms. The van der Waals surface area contributed by atoms with E-state index >= 15 is 0 Å². The molecule has 3 N–H and O–H groups in total. The molecule has 1 aromatic carbocycles. The van der Waals surface area contributed by atoms with E-state index < -0.39 is 10.0 Å². The number of aromatic nitrogens is 2. The van der Waals surface area contributed by atoms with Crippen LogP contribution in [0.5, 0.6) is 0 Å². The summed E-state index contributed by atoms with van der Waals surface area (Å²) < 4.78 is 24.8. The summed E-state index contributed by atoms with van der Waals surface area (Å²) in [6.07, 6.45) is 4.85. The van der Waals surface area contributed by atoms with Crippen molar-refractivity contribution >= 4 is 38.9 Å². The number of sulfonamides is 1. The summed E-state index contributed by atoms with van der Waals surface area (Å²) in [6, 6.07) is 10.5. The molecular formula is C20H21ClN4O3S2. The van der Waals surface area contributed by atoms with Crippen molar-refractivity contribution in [2.45, 2.75) is 42.9 Å². The van der Waals surface area contributed by atoms with Crippen LogP contribution >= 0.6 is 22.9 Å². The Labute approximate surface area is 183 Å². The van der Waals surface area contributed by atoms with Gasteiger partial charge in [0, 0.05) is 21.2 Å². The highest BCUT2D eigenvalue weighted by Crippen LogP contribution is 2.27. The predicted molar refractivity (Wildman–Crippen MR) is 117 cm³/mol. The van der Waals surface area contributed by atoms with Crippen LogP contribution in [0.2, 0.25) is 5.02 Å². The highest BCUT2D eigenvalue weighted by atomic mass is 35.5. The quantitative estimate of drug-likeness (QED) is 0.564. The van der Waals surface area contributed by atoms with Gasteiger partial charge in [-0.15, -0.1) is 11.3 Å². The lowest BCUT2D eigenvalue weighted by Gasteiger charge is -2.07. The van der Waals surface area contributed by atoms with Crippen LogP contribution < -0.4 is 10.5 Å². The molecule has 1 aliphatic carbocycles. The van der Waals surface area contributed by atoms with Crippen LogP contribution in [0.15, 0.2) is 40.6 Å². The molecule has 0 saturated heterocycles. The van der Waals surface area contributed by atoms with E-state index in [2.05, 4.69) is 10.4 Å². The van der Waals surface area contributed by atoms with E-state index in [0.717, 1.165) is 60.4 Å². The molecule has 2 aromatic heterocycles. The second-order valence-corrected chi connectivity index (χ2v) is 10.6. The lowest BCUT2D eigenvalue weighted by molar-refractivity contribution is 0.0945. The number of benzene rings is 1. The molecule has 1 amide bonds. The Morgan fingerprint density at radius 1 is 1.13 bits per heavy atom. The van der Waals surface area contributed by atoms with Gasteiger partial charge in [0.1, 0.15) is 4.21 Å². The lowest BCUT2D eigenvalue weighted by Crippen LogP contribution is -2.24. The minimum atomic E-state index is -3.74. The zero-order chi connectivity index (χ0) is 21.3. The van der Waals surface area contributed by atoms with Crippen molar-refractivity contribution in [1.29, 1.82) is 0 Å². The van der Waals surface area contributed by atoms with Gasteiger partial charge in [-0.3, -0.25) is 4.79 Å². The fraction of sp³-hybridized carbons (Fsp3) is 0.300. The largest absolute Gasteiger partial charge is 0.346 e. The molecule has 0 atom stereocenters. The van der Waals surface area contributed by atoms with Gasteiger partial charge in [-0.1, -0.05) is 18.0 Å². The zero-order valence-corrected chi connectivity index (χ0v) is 18.5. The first-order valence-corrected chi connectivity index (χ1v) is 12.3. The van der Waals surface area contributed by atoms with Gasteiger partial charge >= 0.3 is 0 Å². The second-order valence-electron chi connectivity index (χ2n) is 7.17. The summed E-state index contributed by atoms with van der Waals surface area (Å²) >= 11 is 7.06. The average Bonchev–Trinajstić information content (AvgIpc) is 3.25. The number of carbonyl (C=O) groups excluding carboxylic acids is 1. The first-order chi connectivity index (χ1) is 14.3. The van der Waals surface area contributed by atoms with Crippen molar-refractivity contribution in [2.75, 3.05) is 0 Å². The molecular weight excluding hydrogens is 444 g/mol. The number of nitrogens with one attached hydrogen (secondary N) is 1. The normalized spacial score (nSPS) is 14.2. The predicted octanol–water partition coefficient (Wildman–Crippen LogP) is 3.43. The van der Waals surface area contributed by atoms with Gasteiger partial charge in [0.05, 0.1) is 12.2 Å². The Bertz CT molecular complexity index is 1180. The smallest absolute Gasteiger partial charge is 0.272 e. The van der Waals surface area contributed by atoms with Gasteiger partial charge in [0.15, 0.2) is 5.69 Å². The maximum Gasteiger partial charge on any atom is 0.272 e. The van der Waals surface area contributed by atoms with E-state index in [1.54, 1.807) is 18.2 Å². The molecule has 0 bridgehead atoms.